The van der Waals surface area contributed by atoms with Gasteiger partial charge in [0.15, 0.2) is 6.61 Å². The van der Waals surface area contributed by atoms with E-state index in [1.165, 1.54) is 4.90 Å². The molecule has 0 unspecified atom stereocenters. The highest BCUT2D eigenvalue weighted by Gasteiger charge is 2.36. The van der Waals surface area contributed by atoms with Gasteiger partial charge in [0.05, 0.1) is 13.1 Å². The molecule has 1 aromatic heterocycles. The first-order valence-corrected chi connectivity index (χ1v) is 9.58. The fraction of sp³-hybridized carbons (Fsp3) is 0.227. The minimum atomic E-state index is -1.07. The molecule has 0 aliphatic carbocycles. The molecule has 2 amide bonds. The number of fused-ring (bicyclic) bond motifs is 3. The molecule has 1 aliphatic heterocycles. The first-order valence-electron chi connectivity index (χ1n) is 9.58. The number of H-pyrrole nitrogens is 1. The molecule has 30 heavy (non-hydrogen) atoms. The van der Waals surface area contributed by atoms with E-state index in [9.17, 15) is 19.5 Å². The zero-order chi connectivity index (χ0) is 21.1. The van der Waals surface area contributed by atoms with Gasteiger partial charge in [-0.05, 0) is 23.8 Å². The van der Waals surface area contributed by atoms with E-state index in [0.29, 0.717) is 5.75 Å². The fourth-order valence-electron chi connectivity index (χ4n) is 3.68. The van der Waals surface area contributed by atoms with Gasteiger partial charge in [0.25, 0.3) is 5.91 Å². The van der Waals surface area contributed by atoms with Gasteiger partial charge in [0.1, 0.15) is 11.8 Å². The van der Waals surface area contributed by atoms with Crippen molar-refractivity contribution in [2.24, 2.45) is 0 Å². The second kappa shape index (κ2) is 8.28. The molecule has 0 saturated carbocycles. The zero-order valence-corrected chi connectivity index (χ0v) is 16.1. The van der Waals surface area contributed by atoms with E-state index >= 15 is 0 Å². The van der Waals surface area contributed by atoms with E-state index in [1.54, 1.807) is 24.3 Å². The number of ether oxygens (including phenoxy) is 1. The Balaban J connectivity index is 1.41. The molecule has 0 spiro atoms. The fourth-order valence-corrected chi connectivity index (χ4v) is 3.68. The molecule has 2 heterocycles. The number of para-hydroxylation sites is 2. The van der Waals surface area contributed by atoms with Gasteiger partial charge in [-0.1, -0.05) is 36.4 Å². The summed E-state index contributed by atoms with van der Waals surface area (Å²) in [5.74, 6) is -1.44. The standard InChI is InChI=1S/C22H21N3O5/c26-20(13-30-14-6-2-1-3-7-14)23-11-21(27)25-12-18-16(10-19(25)22(28)29)15-8-4-5-9-17(15)24-18/h1-9,19,24H,10-13H2,(H,23,26)(H,28,29)/t19-/m1/s1. The maximum absolute atomic E-state index is 12.7. The number of aliphatic carboxylic acids is 1. The van der Waals surface area contributed by atoms with E-state index in [-0.39, 0.29) is 26.1 Å². The lowest BCUT2D eigenvalue weighted by Gasteiger charge is -2.33. The summed E-state index contributed by atoms with van der Waals surface area (Å²) in [6, 6.07) is 15.5. The van der Waals surface area contributed by atoms with Crippen LogP contribution in [-0.2, 0) is 27.3 Å². The average Bonchev–Trinajstić information content (AvgIpc) is 3.13. The van der Waals surface area contributed by atoms with Gasteiger partial charge in [0, 0.05) is 23.0 Å². The van der Waals surface area contributed by atoms with Crippen LogP contribution < -0.4 is 10.1 Å². The maximum atomic E-state index is 12.7. The van der Waals surface area contributed by atoms with Crippen molar-refractivity contribution in [3.8, 4) is 5.75 Å². The summed E-state index contributed by atoms with van der Waals surface area (Å²) in [6.07, 6.45) is 0.214. The van der Waals surface area contributed by atoms with Crippen molar-refractivity contribution in [2.45, 2.75) is 19.0 Å². The number of nitrogens with one attached hydrogen (secondary N) is 2. The zero-order valence-electron chi connectivity index (χ0n) is 16.1. The van der Waals surface area contributed by atoms with Gasteiger partial charge in [0.2, 0.25) is 5.91 Å². The van der Waals surface area contributed by atoms with Crippen LogP contribution in [0.3, 0.4) is 0 Å². The third-order valence-corrected chi connectivity index (χ3v) is 5.16. The number of benzene rings is 2. The molecule has 3 aromatic rings. The number of hydrogen-bond acceptors (Lipinski definition) is 4. The molecular weight excluding hydrogens is 386 g/mol. The Labute approximate surface area is 172 Å². The summed E-state index contributed by atoms with van der Waals surface area (Å²) < 4.78 is 5.35. The normalized spacial score (nSPS) is 15.5. The number of amides is 2. The van der Waals surface area contributed by atoms with Crippen LogP contribution in [-0.4, -0.2) is 52.0 Å². The van der Waals surface area contributed by atoms with E-state index in [1.807, 2.05) is 30.3 Å². The van der Waals surface area contributed by atoms with Crippen LogP contribution in [0.25, 0.3) is 10.9 Å². The van der Waals surface area contributed by atoms with Crippen molar-refractivity contribution in [3.05, 3.63) is 65.9 Å². The van der Waals surface area contributed by atoms with Gasteiger partial charge in [-0.3, -0.25) is 9.59 Å². The monoisotopic (exact) mass is 407 g/mol. The molecule has 1 aliphatic rings. The molecule has 1 atom stereocenters. The highest BCUT2D eigenvalue weighted by Crippen LogP contribution is 2.30. The average molecular weight is 407 g/mol. The number of aromatic amines is 1. The topological polar surface area (TPSA) is 112 Å². The van der Waals surface area contributed by atoms with Crippen molar-refractivity contribution in [2.75, 3.05) is 13.2 Å². The summed E-state index contributed by atoms with van der Waals surface area (Å²) in [5.41, 5.74) is 2.65. The van der Waals surface area contributed by atoms with Crippen LogP contribution in [0.1, 0.15) is 11.3 Å². The second-order valence-corrected chi connectivity index (χ2v) is 7.09. The first kappa shape index (κ1) is 19.5. The van der Waals surface area contributed by atoms with Crippen molar-refractivity contribution in [1.29, 1.82) is 0 Å². The third kappa shape index (κ3) is 3.98. The Bertz CT molecular complexity index is 1090. The SMILES string of the molecule is O=C(COc1ccccc1)NCC(=O)N1Cc2[nH]c3ccccc3c2C[C@@H]1C(=O)O. The summed E-state index contributed by atoms with van der Waals surface area (Å²) in [6.45, 7) is -0.377. The predicted molar refractivity (Wildman–Crippen MR) is 109 cm³/mol. The van der Waals surface area contributed by atoms with Crippen LogP contribution in [0.4, 0.5) is 0 Å². The number of nitrogens with zero attached hydrogens (tertiary/aromatic N) is 1. The molecule has 8 nitrogen and oxygen atoms in total. The summed E-state index contributed by atoms with van der Waals surface area (Å²) in [4.78, 5) is 41.1. The largest absolute Gasteiger partial charge is 0.484 e. The minimum absolute atomic E-state index is 0.149. The Hall–Kier alpha value is -3.81. The van der Waals surface area contributed by atoms with Gasteiger partial charge in [-0.2, -0.15) is 0 Å². The Kier molecular flexibility index (Phi) is 5.38. The second-order valence-electron chi connectivity index (χ2n) is 7.09. The summed E-state index contributed by atoms with van der Waals surface area (Å²) in [7, 11) is 0. The number of aromatic nitrogens is 1. The Morgan fingerprint density at radius 3 is 2.60 bits per heavy atom. The van der Waals surface area contributed by atoms with E-state index in [4.69, 9.17) is 4.74 Å². The van der Waals surface area contributed by atoms with Crippen LogP contribution >= 0.6 is 0 Å². The number of rotatable bonds is 6. The molecule has 0 radical (unpaired) electrons. The first-order chi connectivity index (χ1) is 14.5. The lowest BCUT2D eigenvalue weighted by Crippen LogP contribution is -2.51. The lowest BCUT2D eigenvalue weighted by molar-refractivity contribution is -0.151. The predicted octanol–water partition coefficient (Wildman–Crippen LogP) is 1.70. The third-order valence-electron chi connectivity index (χ3n) is 5.16. The van der Waals surface area contributed by atoms with Crippen molar-refractivity contribution in [3.63, 3.8) is 0 Å². The number of carbonyl (C=O) groups excluding carboxylic acids is 2. The molecule has 0 fully saturated rings. The molecule has 8 heteroatoms. The number of carboxylic acids is 1. The van der Waals surface area contributed by atoms with Crippen LogP contribution in [0.5, 0.6) is 5.75 Å². The molecule has 0 bridgehead atoms. The molecular formula is C22H21N3O5. The van der Waals surface area contributed by atoms with Gasteiger partial charge in [-0.15, -0.1) is 0 Å². The highest BCUT2D eigenvalue weighted by molar-refractivity contribution is 5.91. The molecule has 0 saturated heterocycles. The summed E-state index contributed by atoms with van der Waals surface area (Å²) >= 11 is 0. The Morgan fingerprint density at radius 1 is 1.10 bits per heavy atom. The van der Waals surface area contributed by atoms with Gasteiger partial charge in [-0.25, -0.2) is 4.79 Å². The van der Waals surface area contributed by atoms with Crippen LogP contribution in [0.15, 0.2) is 54.6 Å². The van der Waals surface area contributed by atoms with E-state index < -0.39 is 23.8 Å². The molecule has 4 rings (SSSR count). The highest BCUT2D eigenvalue weighted by atomic mass is 16.5. The number of carbonyl (C=O) groups is 3. The number of carboxylic acid groups (broad SMARTS) is 1. The quantitative estimate of drug-likeness (QED) is 0.576. The van der Waals surface area contributed by atoms with E-state index in [0.717, 1.165) is 22.2 Å². The van der Waals surface area contributed by atoms with Gasteiger partial charge < -0.3 is 25.0 Å². The smallest absolute Gasteiger partial charge is 0.326 e. The molecule has 2 aromatic carbocycles. The molecule has 154 valence electrons. The van der Waals surface area contributed by atoms with Crippen molar-refractivity contribution in [1.82, 2.24) is 15.2 Å². The number of hydrogen-bond donors (Lipinski definition) is 3. The van der Waals surface area contributed by atoms with Crippen LogP contribution in [0, 0.1) is 0 Å². The lowest BCUT2D eigenvalue weighted by atomic mass is 9.96. The molecule has 3 N–H and O–H groups in total. The van der Waals surface area contributed by atoms with Crippen LogP contribution in [0.2, 0.25) is 0 Å². The van der Waals surface area contributed by atoms with Crippen molar-refractivity contribution >= 4 is 28.7 Å². The van der Waals surface area contributed by atoms with Gasteiger partial charge >= 0.3 is 5.97 Å². The summed E-state index contributed by atoms with van der Waals surface area (Å²) in [5, 5.41) is 13.1. The van der Waals surface area contributed by atoms with E-state index in [2.05, 4.69) is 10.3 Å². The Morgan fingerprint density at radius 2 is 1.83 bits per heavy atom. The maximum Gasteiger partial charge on any atom is 0.326 e. The van der Waals surface area contributed by atoms with Crippen molar-refractivity contribution < 1.29 is 24.2 Å². The minimum Gasteiger partial charge on any atom is -0.484 e.